The number of hydrogen-bond acceptors (Lipinski definition) is 5. The fourth-order valence-corrected chi connectivity index (χ4v) is 1.50. The standard InChI is InChI=1S/C9H9N5O2/c1-6-4-9(14(15)16)7(2)3-8(6)13-5-10-11-12-13/h3-5H,1-2H3. The van der Waals surface area contributed by atoms with Gasteiger partial charge < -0.3 is 0 Å². The molecule has 0 aliphatic rings. The van der Waals surface area contributed by atoms with Gasteiger partial charge in [-0.05, 0) is 35.9 Å². The Bertz CT molecular complexity index is 535. The van der Waals surface area contributed by atoms with Crippen LogP contribution in [0.25, 0.3) is 5.69 Å². The van der Waals surface area contributed by atoms with Crippen LogP contribution >= 0.6 is 0 Å². The molecule has 0 fully saturated rings. The third-order valence-corrected chi connectivity index (χ3v) is 2.31. The molecule has 7 nitrogen and oxygen atoms in total. The number of aromatic nitrogens is 4. The maximum atomic E-state index is 10.7. The monoisotopic (exact) mass is 219 g/mol. The Morgan fingerprint density at radius 1 is 1.31 bits per heavy atom. The van der Waals surface area contributed by atoms with Crippen LogP contribution in [0.5, 0.6) is 0 Å². The number of benzene rings is 1. The molecule has 0 aliphatic carbocycles. The number of nitrogens with zero attached hydrogens (tertiary/aromatic N) is 5. The summed E-state index contributed by atoms with van der Waals surface area (Å²) in [4.78, 5) is 10.3. The van der Waals surface area contributed by atoms with E-state index < -0.39 is 4.92 Å². The van der Waals surface area contributed by atoms with E-state index in [1.165, 1.54) is 17.1 Å². The first-order valence-corrected chi connectivity index (χ1v) is 4.58. The van der Waals surface area contributed by atoms with Gasteiger partial charge in [0.15, 0.2) is 0 Å². The molecule has 0 unspecified atom stereocenters. The average molecular weight is 219 g/mol. The summed E-state index contributed by atoms with van der Waals surface area (Å²) in [5, 5.41) is 21.5. The minimum absolute atomic E-state index is 0.106. The Morgan fingerprint density at radius 2 is 2.06 bits per heavy atom. The van der Waals surface area contributed by atoms with Crippen LogP contribution in [-0.4, -0.2) is 25.1 Å². The van der Waals surface area contributed by atoms with E-state index in [0.29, 0.717) is 5.56 Å². The number of rotatable bonds is 2. The van der Waals surface area contributed by atoms with Gasteiger partial charge in [-0.25, -0.2) is 4.68 Å². The fraction of sp³-hybridized carbons (Fsp3) is 0.222. The van der Waals surface area contributed by atoms with Crippen molar-refractivity contribution in [1.29, 1.82) is 0 Å². The molecule has 1 aromatic carbocycles. The van der Waals surface area contributed by atoms with E-state index in [-0.39, 0.29) is 5.69 Å². The number of nitro benzene ring substituents is 1. The normalized spacial score (nSPS) is 10.4. The minimum atomic E-state index is -0.397. The average Bonchev–Trinajstić information content (AvgIpc) is 2.73. The van der Waals surface area contributed by atoms with Crippen LogP contribution < -0.4 is 0 Å². The molecule has 0 spiro atoms. The minimum Gasteiger partial charge on any atom is -0.258 e. The van der Waals surface area contributed by atoms with Crippen molar-refractivity contribution >= 4 is 5.69 Å². The van der Waals surface area contributed by atoms with Gasteiger partial charge in [0.05, 0.1) is 10.6 Å². The highest BCUT2D eigenvalue weighted by Gasteiger charge is 2.14. The molecule has 0 bridgehead atoms. The van der Waals surface area contributed by atoms with Gasteiger partial charge in [-0.2, -0.15) is 0 Å². The van der Waals surface area contributed by atoms with Gasteiger partial charge in [0.2, 0.25) is 0 Å². The van der Waals surface area contributed by atoms with Crippen LogP contribution in [0.4, 0.5) is 5.69 Å². The maximum absolute atomic E-state index is 10.7. The molecule has 0 aliphatic heterocycles. The van der Waals surface area contributed by atoms with Crippen molar-refractivity contribution in [2.45, 2.75) is 13.8 Å². The second-order valence-electron chi connectivity index (χ2n) is 3.44. The maximum Gasteiger partial charge on any atom is 0.272 e. The molecule has 7 heteroatoms. The van der Waals surface area contributed by atoms with Crippen LogP contribution in [-0.2, 0) is 0 Å². The zero-order valence-corrected chi connectivity index (χ0v) is 8.78. The van der Waals surface area contributed by atoms with Crippen LogP contribution in [0.2, 0.25) is 0 Å². The Morgan fingerprint density at radius 3 is 2.62 bits per heavy atom. The lowest BCUT2D eigenvalue weighted by atomic mass is 10.1. The molecule has 0 atom stereocenters. The summed E-state index contributed by atoms with van der Waals surface area (Å²) in [6.07, 6.45) is 1.45. The van der Waals surface area contributed by atoms with Crippen molar-refractivity contribution in [3.63, 3.8) is 0 Å². The predicted molar refractivity (Wildman–Crippen MR) is 55.3 cm³/mol. The molecule has 1 aromatic heterocycles. The first kappa shape index (κ1) is 10.2. The lowest BCUT2D eigenvalue weighted by Gasteiger charge is -2.06. The first-order valence-electron chi connectivity index (χ1n) is 4.58. The quantitative estimate of drug-likeness (QED) is 0.559. The summed E-state index contributed by atoms with van der Waals surface area (Å²) in [5.41, 5.74) is 2.19. The summed E-state index contributed by atoms with van der Waals surface area (Å²) in [6, 6.07) is 3.22. The van der Waals surface area contributed by atoms with Gasteiger partial charge in [0.25, 0.3) is 5.69 Å². The van der Waals surface area contributed by atoms with E-state index in [1.54, 1.807) is 19.9 Å². The lowest BCUT2D eigenvalue weighted by molar-refractivity contribution is -0.385. The largest absolute Gasteiger partial charge is 0.272 e. The molecule has 0 saturated heterocycles. The SMILES string of the molecule is Cc1cc([N+](=O)[O-])c(C)cc1-n1cnnn1. The fourth-order valence-electron chi connectivity index (χ4n) is 1.50. The molecule has 1 heterocycles. The zero-order chi connectivity index (χ0) is 11.7. The Labute approximate surface area is 90.9 Å². The Kier molecular flexibility index (Phi) is 2.35. The number of tetrazole rings is 1. The van der Waals surface area contributed by atoms with Crippen molar-refractivity contribution in [1.82, 2.24) is 20.2 Å². The van der Waals surface area contributed by atoms with Crippen molar-refractivity contribution in [2.75, 3.05) is 0 Å². The van der Waals surface area contributed by atoms with E-state index in [9.17, 15) is 10.1 Å². The zero-order valence-electron chi connectivity index (χ0n) is 8.78. The second-order valence-corrected chi connectivity index (χ2v) is 3.44. The number of hydrogen-bond donors (Lipinski definition) is 0. The molecule has 16 heavy (non-hydrogen) atoms. The highest BCUT2D eigenvalue weighted by atomic mass is 16.6. The molecule has 0 amide bonds. The van der Waals surface area contributed by atoms with Crippen molar-refractivity contribution in [3.8, 4) is 5.69 Å². The Hall–Kier alpha value is -2.31. The van der Waals surface area contributed by atoms with Gasteiger partial charge in [-0.3, -0.25) is 10.1 Å². The third kappa shape index (κ3) is 1.62. The highest BCUT2D eigenvalue weighted by Crippen LogP contribution is 2.24. The summed E-state index contributed by atoms with van der Waals surface area (Å²) in [7, 11) is 0. The van der Waals surface area contributed by atoms with E-state index in [2.05, 4.69) is 15.5 Å². The van der Waals surface area contributed by atoms with E-state index >= 15 is 0 Å². The molecule has 0 N–H and O–H groups in total. The van der Waals surface area contributed by atoms with E-state index in [4.69, 9.17) is 0 Å². The van der Waals surface area contributed by atoms with Gasteiger partial charge in [-0.15, -0.1) is 5.10 Å². The van der Waals surface area contributed by atoms with Gasteiger partial charge >= 0.3 is 0 Å². The highest BCUT2D eigenvalue weighted by molar-refractivity contribution is 5.52. The molecule has 2 rings (SSSR count). The summed E-state index contributed by atoms with van der Waals surface area (Å²) in [6.45, 7) is 3.47. The molecular formula is C9H9N5O2. The summed E-state index contributed by atoms with van der Waals surface area (Å²) >= 11 is 0. The third-order valence-electron chi connectivity index (χ3n) is 2.31. The summed E-state index contributed by atoms with van der Waals surface area (Å²) < 4.78 is 1.48. The first-order chi connectivity index (χ1) is 7.59. The smallest absolute Gasteiger partial charge is 0.258 e. The van der Waals surface area contributed by atoms with Gasteiger partial charge in [0, 0.05) is 11.6 Å². The number of nitro groups is 1. The van der Waals surface area contributed by atoms with Crippen molar-refractivity contribution in [2.24, 2.45) is 0 Å². The van der Waals surface area contributed by atoms with Crippen LogP contribution in [0.3, 0.4) is 0 Å². The topological polar surface area (TPSA) is 86.7 Å². The molecule has 0 radical (unpaired) electrons. The lowest BCUT2D eigenvalue weighted by Crippen LogP contribution is -2.01. The summed E-state index contributed by atoms with van der Waals surface area (Å²) in [5.74, 6) is 0. The van der Waals surface area contributed by atoms with Gasteiger partial charge in [-0.1, -0.05) is 0 Å². The van der Waals surface area contributed by atoms with E-state index in [0.717, 1.165) is 11.3 Å². The molecule has 0 saturated carbocycles. The second kappa shape index (κ2) is 3.69. The Balaban J connectivity index is 2.59. The van der Waals surface area contributed by atoms with Crippen LogP contribution in [0.15, 0.2) is 18.5 Å². The molecule has 2 aromatic rings. The molecular weight excluding hydrogens is 210 g/mol. The van der Waals surface area contributed by atoms with Crippen molar-refractivity contribution in [3.05, 3.63) is 39.7 Å². The number of aryl methyl sites for hydroxylation is 2. The van der Waals surface area contributed by atoms with Gasteiger partial charge in [0.1, 0.15) is 6.33 Å². The molecule has 82 valence electrons. The van der Waals surface area contributed by atoms with Crippen LogP contribution in [0.1, 0.15) is 11.1 Å². The predicted octanol–water partition coefficient (Wildman–Crippen LogP) is 1.19. The van der Waals surface area contributed by atoms with Crippen molar-refractivity contribution < 1.29 is 4.92 Å². The van der Waals surface area contributed by atoms with Crippen LogP contribution in [0, 0.1) is 24.0 Å². The van der Waals surface area contributed by atoms with E-state index in [1.807, 2.05) is 0 Å².